The second-order valence-electron chi connectivity index (χ2n) is 35.9. The van der Waals surface area contributed by atoms with E-state index in [9.17, 15) is 110 Å². The van der Waals surface area contributed by atoms with E-state index in [1.54, 1.807) is 27.7 Å². The van der Waals surface area contributed by atoms with Crippen molar-refractivity contribution in [1.29, 1.82) is 0 Å². The molecule has 17 atom stereocenters. The van der Waals surface area contributed by atoms with Gasteiger partial charge in [-0.05, 0) is 138 Å². The first kappa shape index (κ1) is 107. The van der Waals surface area contributed by atoms with Crippen LogP contribution in [-0.2, 0) is 112 Å². The number of ether oxygens (including phenoxy) is 7. The Morgan fingerprint density at radius 1 is 0.679 bits per heavy atom. The van der Waals surface area contributed by atoms with E-state index < -0.39 is 289 Å². The summed E-state index contributed by atoms with van der Waals surface area (Å²) in [5, 5.41) is 63.0. The molecule has 41 nitrogen and oxygen atoms in total. The predicted molar refractivity (Wildman–Crippen MR) is 459 cm³/mol. The molecular weight excluding hydrogens is 1780 g/mol. The summed E-state index contributed by atoms with van der Waals surface area (Å²) < 4.78 is 98.4. The zero-order chi connectivity index (χ0) is 99.8. The number of carbonyl (C=O) groups is 18. The number of alkyl carbamates (subject to hydrolysis) is 1. The summed E-state index contributed by atoms with van der Waals surface area (Å²) in [7, 11) is 0. The first-order valence-corrected chi connectivity index (χ1v) is 43.4. The topological polar surface area (TPSA) is 608 Å². The summed E-state index contributed by atoms with van der Waals surface area (Å²) in [5.41, 5.74) is -2.60. The molecule has 734 valence electrons. The Labute approximate surface area is 767 Å². The molecular formula is C89H117F4N13O28. The van der Waals surface area contributed by atoms with Crippen LogP contribution in [0, 0.1) is 34.4 Å². The normalized spacial score (nSPS) is 23.3. The number of hydrogen-bond acceptors (Lipinski definition) is 28. The zero-order valence-electron chi connectivity index (χ0n) is 76.2. The van der Waals surface area contributed by atoms with Crippen LogP contribution in [0.3, 0.4) is 0 Å². The van der Waals surface area contributed by atoms with Crippen molar-refractivity contribution in [3.63, 3.8) is 0 Å². The summed E-state index contributed by atoms with van der Waals surface area (Å²) in [5.74, 6) is -18.5. The summed E-state index contributed by atoms with van der Waals surface area (Å²) in [6, 6.07) is 5.85. The maximum Gasteiger partial charge on any atom is 0.509 e. The van der Waals surface area contributed by atoms with Crippen molar-refractivity contribution in [1.82, 2.24) is 52.8 Å². The number of primary amides is 2. The zero-order valence-corrected chi connectivity index (χ0v) is 76.2. The number of esters is 3. The number of halogens is 4. The van der Waals surface area contributed by atoms with Gasteiger partial charge in [0.1, 0.15) is 84.7 Å². The van der Waals surface area contributed by atoms with E-state index in [1.807, 2.05) is 0 Å². The van der Waals surface area contributed by atoms with Crippen LogP contribution in [0.15, 0.2) is 90.0 Å². The van der Waals surface area contributed by atoms with Gasteiger partial charge in [-0.2, -0.15) is 13.2 Å². The molecule has 13 amide bonds. The molecule has 5 aliphatic rings. The number of hydrogen-bond donors (Lipinski definition) is 15. The highest BCUT2D eigenvalue weighted by atomic mass is 19.4. The Kier molecular flexibility index (Phi) is 35.7. The van der Waals surface area contributed by atoms with Crippen molar-refractivity contribution < 1.29 is 152 Å². The third kappa shape index (κ3) is 26.2. The molecule has 0 spiro atoms. The number of nitrogens with zero attached hydrogens (tertiary/aromatic N) is 1. The molecule has 3 aromatic carbocycles. The second kappa shape index (κ2) is 44.8. The Bertz CT molecular complexity index is 4960. The molecule has 2 bridgehead atoms. The number of ketones is 1. The highest BCUT2D eigenvalue weighted by Gasteiger charge is 2.78. The SMILES string of the molecule is CC(=O)NCC(=O)N1CCC[C@H]1C(=O)N[C@@H](CCC(N)=O)C(=O)NCC(=O)N[C@@H](CC(C)C)C(=O)N[C@@H](C)C(=O)NCC(=O)N[C@@H](CCC(N)=O)C(=O)N[C@@H](CC(C)C)C(=O)Nc1ccc(COC(=O)O[C@@H](C(=O)O[C@H]2C[C@@]3(O)[C@@H](OC(=O)c4cccc(F)c4)[C@@H]4[C@]5(OC(C)=O)CO[C@@H]5C[C@H](O)[C@@]4(C)C(=O)[C@H](O)C(=C2C)C3(C)C)[C@@H](NC(=O)OC(C)(C)C(F)(F)F)c2ccccc2)cc1. The molecule has 0 aromatic heterocycles. The van der Waals surface area contributed by atoms with Crippen molar-refractivity contribution in [3.8, 4) is 0 Å². The van der Waals surface area contributed by atoms with Gasteiger partial charge in [0.2, 0.25) is 82.6 Å². The molecule has 8 rings (SSSR count). The number of fused-ring (bicyclic) bond motifs is 5. The predicted octanol–water partition coefficient (Wildman–Crippen LogP) is 1.67. The number of amides is 13. The minimum atomic E-state index is -5.21. The molecule has 2 heterocycles. The number of aliphatic hydroxyl groups is 3. The van der Waals surface area contributed by atoms with Gasteiger partial charge in [0.25, 0.3) is 0 Å². The molecule has 3 aliphatic carbocycles. The summed E-state index contributed by atoms with van der Waals surface area (Å²) in [6.45, 7) is 13.4. The van der Waals surface area contributed by atoms with E-state index in [4.69, 9.17) is 44.6 Å². The Morgan fingerprint density at radius 2 is 1.26 bits per heavy atom. The van der Waals surface area contributed by atoms with Crippen molar-refractivity contribution in [2.75, 3.05) is 38.1 Å². The van der Waals surface area contributed by atoms with Crippen LogP contribution in [0.1, 0.15) is 182 Å². The van der Waals surface area contributed by atoms with E-state index >= 15 is 9.59 Å². The Balaban J connectivity index is 0.945. The molecule has 134 heavy (non-hydrogen) atoms. The van der Waals surface area contributed by atoms with Gasteiger partial charge in [0.15, 0.2) is 11.4 Å². The fourth-order valence-electron chi connectivity index (χ4n) is 17.1. The maximum absolute atomic E-state index is 15.5. The summed E-state index contributed by atoms with van der Waals surface area (Å²) in [6.07, 6.45) is -23.2. The smallest absolute Gasteiger partial charge is 0.455 e. The minimum Gasteiger partial charge on any atom is -0.455 e. The molecule has 17 N–H and O–H groups in total. The fourth-order valence-corrected chi connectivity index (χ4v) is 17.1. The van der Waals surface area contributed by atoms with Crippen molar-refractivity contribution >= 4 is 113 Å². The minimum absolute atomic E-state index is 0.00381. The number of alkyl halides is 3. The van der Waals surface area contributed by atoms with Gasteiger partial charge in [0, 0.05) is 57.2 Å². The first-order chi connectivity index (χ1) is 62.5. The van der Waals surface area contributed by atoms with Gasteiger partial charge in [-0.3, -0.25) is 67.1 Å². The van der Waals surface area contributed by atoms with Crippen LogP contribution in [0.25, 0.3) is 0 Å². The third-order valence-corrected chi connectivity index (χ3v) is 24.3. The van der Waals surface area contributed by atoms with Gasteiger partial charge in [-0.1, -0.05) is 90.1 Å². The second-order valence-corrected chi connectivity index (χ2v) is 35.9. The van der Waals surface area contributed by atoms with E-state index in [1.165, 1.54) is 101 Å². The lowest BCUT2D eigenvalue weighted by Crippen LogP contribution is -2.81. The lowest BCUT2D eigenvalue weighted by Gasteiger charge is -2.67. The number of nitrogens with two attached hydrogens (primary N) is 2. The van der Waals surface area contributed by atoms with Crippen LogP contribution >= 0.6 is 0 Å². The lowest BCUT2D eigenvalue weighted by atomic mass is 9.44. The van der Waals surface area contributed by atoms with E-state index in [0.717, 1.165) is 31.2 Å². The van der Waals surface area contributed by atoms with Crippen molar-refractivity contribution in [2.24, 2.45) is 40.1 Å². The van der Waals surface area contributed by atoms with Crippen molar-refractivity contribution in [3.05, 3.63) is 113 Å². The molecule has 2 aliphatic heterocycles. The number of nitrogens with one attached hydrogen (secondary N) is 10. The number of Topliss-reactive ketones (excluding diaryl/α,β-unsaturated/α-hetero) is 1. The van der Waals surface area contributed by atoms with Crippen LogP contribution < -0.4 is 64.6 Å². The van der Waals surface area contributed by atoms with Crippen LogP contribution in [-0.4, -0.2) is 256 Å². The van der Waals surface area contributed by atoms with E-state index in [-0.39, 0.29) is 85.0 Å². The number of anilines is 1. The molecule has 0 unspecified atom stereocenters. The van der Waals surface area contributed by atoms with Crippen LogP contribution in [0.5, 0.6) is 0 Å². The van der Waals surface area contributed by atoms with Crippen LogP contribution in [0.2, 0.25) is 0 Å². The number of aliphatic hydroxyl groups excluding tert-OH is 2. The van der Waals surface area contributed by atoms with E-state index in [0.29, 0.717) is 20.3 Å². The number of carbonyl (C=O) groups excluding carboxylic acids is 18. The Morgan fingerprint density at radius 3 is 1.82 bits per heavy atom. The third-order valence-electron chi connectivity index (χ3n) is 24.3. The standard InChI is InChI=1S/C89H117F4N13O28/c1-43(2)33-56(102-65(113)39-98-75(118)54(28-30-62(94)110)103-79(122)58-23-18-32-106(58)66(114)40-96-47(7)107)77(120)99-46(6)74(117)97-38-64(112)101-55(29-31-63(95)111)76(119)104-57(34-44(3)4)78(121)100-53-26-24-49(25-27-53)41-128-83(126)131-70(68(50-19-15-14-16-20-50)105-82(125)134-85(11,12)89(91,92)93)81(124)130-59-37-88(127)73(132-80(123)51-21-17-22-52(90)35-51)71-86(13,72(116)69(115)67(45(59)5)84(88,9)10)60(109)36-61-87(71,42-129-61)133-48(8)108/h14-17,19-22,24-27,35,43-44,46,54-61,68-71,73,109,115,127H,18,23,28-34,36-42H2,1-13H3,(H2,94,110)(H2,95,111)(H,96,107)(H,97,117)(H,98,118)(H,99,120)(H,100,121)(H,101,112)(H,102,113)(H,103,122)(H,104,119)(H,105,125)/t46-,54-,55-,56-,57-,58-,59-,60-,61+,68-,69+,70+,71-,73-,86+,87-,88+/m0/s1. The van der Waals surface area contributed by atoms with Gasteiger partial charge in [-0.25, -0.2) is 23.6 Å². The fraction of sp³-hybridized carbons (Fsp3) is 0.573. The van der Waals surface area contributed by atoms with Gasteiger partial charge in [-0.15, -0.1) is 0 Å². The largest absolute Gasteiger partial charge is 0.509 e. The van der Waals surface area contributed by atoms with Gasteiger partial charge in [0.05, 0.1) is 49.2 Å². The molecule has 45 heteroatoms. The maximum atomic E-state index is 15.5. The monoisotopic (exact) mass is 1890 g/mol. The average Bonchev–Trinajstić information content (AvgIpc) is 0.794. The van der Waals surface area contributed by atoms with Gasteiger partial charge >= 0.3 is 36.3 Å². The average molecular weight is 1890 g/mol. The highest BCUT2D eigenvalue weighted by molar-refractivity contribution is 6.00. The number of rotatable bonds is 40. The Hall–Kier alpha value is -12.8. The van der Waals surface area contributed by atoms with Crippen LogP contribution in [0.4, 0.5) is 32.8 Å². The highest BCUT2D eigenvalue weighted by Crippen LogP contribution is 2.64. The number of likely N-dealkylation sites (tertiary alicyclic amines) is 1. The molecule has 0 radical (unpaired) electrons. The lowest BCUT2D eigenvalue weighted by molar-refractivity contribution is -0.346. The van der Waals surface area contributed by atoms with E-state index in [2.05, 4.69) is 53.2 Å². The molecule has 2 saturated heterocycles. The quantitative estimate of drug-likeness (QED) is 0.0167. The summed E-state index contributed by atoms with van der Waals surface area (Å²) in [4.78, 5) is 246. The molecule has 2 saturated carbocycles. The van der Waals surface area contributed by atoms with Crippen molar-refractivity contribution in [2.45, 2.75) is 263 Å². The molecule has 4 fully saturated rings. The van der Waals surface area contributed by atoms with Gasteiger partial charge < -0.3 is 118 Å². The summed E-state index contributed by atoms with van der Waals surface area (Å²) >= 11 is 0. The number of benzene rings is 3. The first-order valence-electron chi connectivity index (χ1n) is 43.4. The molecule has 3 aromatic rings.